The van der Waals surface area contributed by atoms with E-state index in [1.807, 2.05) is 6.92 Å². The summed E-state index contributed by atoms with van der Waals surface area (Å²) in [6.07, 6.45) is 1.15. The molecule has 0 radical (unpaired) electrons. The van der Waals surface area contributed by atoms with Gasteiger partial charge in [-0.3, -0.25) is 0 Å². The highest BCUT2D eigenvalue weighted by Gasteiger charge is 2.13. The molecule has 0 aliphatic heterocycles. The number of nitrogens with two attached hydrogens (primary N) is 1. The zero-order valence-electron chi connectivity index (χ0n) is 11.6. The maximum atomic E-state index is 14.0. The molecule has 0 aliphatic rings. The van der Waals surface area contributed by atoms with Gasteiger partial charge >= 0.3 is 0 Å². The van der Waals surface area contributed by atoms with Crippen molar-refractivity contribution in [3.63, 3.8) is 0 Å². The van der Waals surface area contributed by atoms with Gasteiger partial charge < -0.3 is 5.73 Å². The van der Waals surface area contributed by atoms with Crippen LogP contribution in [0.15, 0.2) is 46.2 Å². The van der Waals surface area contributed by atoms with E-state index in [4.69, 9.17) is 5.73 Å². The maximum Gasteiger partial charge on any atom is 0.159 e. The van der Waals surface area contributed by atoms with Crippen molar-refractivity contribution >= 4 is 11.8 Å². The van der Waals surface area contributed by atoms with Crippen molar-refractivity contribution in [2.75, 3.05) is 0 Å². The van der Waals surface area contributed by atoms with Crippen LogP contribution in [0, 0.1) is 17.5 Å². The smallest absolute Gasteiger partial charge is 0.159 e. The molecule has 2 aromatic rings. The van der Waals surface area contributed by atoms with Crippen molar-refractivity contribution in [2.24, 2.45) is 5.73 Å². The molecule has 0 saturated heterocycles. The molecule has 2 N–H and O–H groups in total. The fraction of sp³-hybridized carbons (Fsp3) is 0.250. The topological polar surface area (TPSA) is 26.0 Å². The van der Waals surface area contributed by atoms with Crippen LogP contribution < -0.4 is 5.73 Å². The first-order valence-electron chi connectivity index (χ1n) is 6.67. The van der Waals surface area contributed by atoms with Crippen LogP contribution in [0.3, 0.4) is 0 Å². The lowest BCUT2D eigenvalue weighted by molar-refractivity contribution is 0.506. The Bertz CT molecular complexity index is 631. The van der Waals surface area contributed by atoms with Crippen molar-refractivity contribution in [1.29, 1.82) is 0 Å². The largest absolute Gasteiger partial charge is 0.327 e. The lowest BCUT2D eigenvalue weighted by Crippen LogP contribution is -2.22. The minimum atomic E-state index is -0.914. The average molecular weight is 311 g/mol. The third-order valence-corrected chi connectivity index (χ3v) is 4.28. The molecule has 1 unspecified atom stereocenters. The second-order valence-corrected chi connectivity index (χ2v) is 5.88. The van der Waals surface area contributed by atoms with E-state index in [9.17, 15) is 13.2 Å². The van der Waals surface area contributed by atoms with Gasteiger partial charge in [-0.1, -0.05) is 24.8 Å². The van der Waals surface area contributed by atoms with E-state index >= 15 is 0 Å². The van der Waals surface area contributed by atoms with Gasteiger partial charge in [0.2, 0.25) is 0 Å². The van der Waals surface area contributed by atoms with Crippen LogP contribution in [0.4, 0.5) is 13.2 Å². The number of halogens is 3. The van der Waals surface area contributed by atoms with Gasteiger partial charge in [-0.25, -0.2) is 13.2 Å². The second kappa shape index (κ2) is 7.00. The van der Waals surface area contributed by atoms with Crippen LogP contribution in [-0.2, 0) is 6.42 Å². The molecule has 1 nitrogen and oxygen atoms in total. The molecule has 0 aromatic heterocycles. The molecule has 0 saturated carbocycles. The van der Waals surface area contributed by atoms with Gasteiger partial charge in [-0.15, -0.1) is 0 Å². The second-order valence-electron chi connectivity index (χ2n) is 4.77. The first-order valence-corrected chi connectivity index (χ1v) is 7.48. The minimum Gasteiger partial charge on any atom is -0.327 e. The molecule has 0 amide bonds. The number of benzene rings is 2. The highest BCUT2D eigenvalue weighted by Crippen LogP contribution is 2.33. The monoisotopic (exact) mass is 311 g/mol. The number of hydrogen-bond acceptors (Lipinski definition) is 2. The van der Waals surface area contributed by atoms with E-state index in [1.165, 1.54) is 23.9 Å². The van der Waals surface area contributed by atoms with E-state index in [-0.39, 0.29) is 11.9 Å². The predicted molar refractivity (Wildman–Crippen MR) is 78.9 cm³/mol. The third kappa shape index (κ3) is 4.02. The van der Waals surface area contributed by atoms with Crippen LogP contribution >= 0.6 is 11.8 Å². The number of rotatable bonds is 5. The number of hydrogen-bond donors (Lipinski definition) is 1. The van der Waals surface area contributed by atoms with E-state index in [1.54, 1.807) is 12.1 Å². The van der Waals surface area contributed by atoms with Gasteiger partial charge in [-0.2, -0.15) is 0 Å². The molecule has 112 valence electrons. The molecule has 0 bridgehead atoms. The standard InChI is InChI=1S/C16H16F3NS/c1-2-10(20)8-12-13(17)4-3-5-16(12)21-11-6-7-14(18)15(19)9-11/h3-7,9-10H,2,8,20H2,1H3. The van der Waals surface area contributed by atoms with Crippen LogP contribution in [0.1, 0.15) is 18.9 Å². The molecular formula is C16H16F3NS. The Labute approximate surface area is 126 Å². The van der Waals surface area contributed by atoms with Gasteiger partial charge in [0.05, 0.1) is 0 Å². The van der Waals surface area contributed by atoms with Gasteiger partial charge in [0.15, 0.2) is 11.6 Å². The molecule has 1 atom stereocenters. The summed E-state index contributed by atoms with van der Waals surface area (Å²) in [6.45, 7) is 1.94. The predicted octanol–water partition coefficient (Wildman–Crippen LogP) is 4.53. The molecule has 2 aromatic carbocycles. The Hall–Kier alpha value is -1.46. The normalized spacial score (nSPS) is 12.4. The average Bonchev–Trinajstić information content (AvgIpc) is 2.46. The lowest BCUT2D eigenvalue weighted by atomic mass is 10.0. The van der Waals surface area contributed by atoms with E-state index in [0.29, 0.717) is 21.8 Å². The summed E-state index contributed by atoms with van der Waals surface area (Å²) < 4.78 is 40.2. The Morgan fingerprint density at radius 3 is 2.48 bits per heavy atom. The van der Waals surface area contributed by atoms with Gasteiger partial charge in [0.1, 0.15) is 5.82 Å². The Morgan fingerprint density at radius 2 is 1.81 bits per heavy atom. The third-order valence-electron chi connectivity index (χ3n) is 3.19. The van der Waals surface area contributed by atoms with Crippen LogP contribution in [0.25, 0.3) is 0 Å². The van der Waals surface area contributed by atoms with Gasteiger partial charge in [-0.05, 0) is 43.2 Å². The fourth-order valence-electron chi connectivity index (χ4n) is 1.91. The summed E-state index contributed by atoms with van der Waals surface area (Å²) in [5, 5.41) is 0. The SMILES string of the molecule is CCC(N)Cc1c(F)cccc1Sc1ccc(F)c(F)c1. The zero-order valence-corrected chi connectivity index (χ0v) is 12.4. The van der Waals surface area contributed by atoms with E-state index < -0.39 is 11.6 Å². The highest BCUT2D eigenvalue weighted by molar-refractivity contribution is 7.99. The van der Waals surface area contributed by atoms with Crippen molar-refractivity contribution in [1.82, 2.24) is 0 Å². The summed E-state index contributed by atoms with van der Waals surface area (Å²) in [7, 11) is 0. The molecule has 0 fully saturated rings. The molecular weight excluding hydrogens is 295 g/mol. The minimum absolute atomic E-state index is 0.133. The van der Waals surface area contributed by atoms with Gasteiger partial charge in [0.25, 0.3) is 0 Å². The Balaban J connectivity index is 2.30. The maximum absolute atomic E-state index is 14.0. The lowest BCUT2D eigenvalue weighted by Gasteiger charge is -2.14. The van der Waals surface area contributed by atoms with Crippen molar-refractivity contribution in [2.45, 2.75) is 35.6 Å². The van der Waals surface area contributed by atoms with Crippen molar-refractivity contribution in [3.8, 4) is 0 Å². The first kappa shape index (κ1) is 15.9. The molecule has 0 spiro atoms. The first-order chi connectivity index (χ1) is 10.0. The fourth-order valence-corrected chi connectivity index (χ4v) is 2.91. The summed E-state index contributed by atoms with van der Waals surface area (Å²) >= 11 is 1.20. The van der Waals surface area contributed by atoms with Crippen LogP contribution in [0.2, 0.25) is 0 Å². The quantitative estimate of drug-likeness (QED) is 0.877. The van der Waals surface area contributed by atoms with Gasteiger partial charge in [0, 0.05) is 21.4 Å². The van der Waals surface area contributed by atoms with E-state index in [2.05, 4.69) is 0 Å². The summed E-state index contributed by atoms with van der Waals surface area (Å²) in [4.78, 5) is 1.19. The summed E-state index contributed by atoms with van der Waals surface area (Å²) in [6, 6.07) is 8.24. The Kier molecular flexibility index (Phi) is 5.31. The zero-order chi connectivity index (χ0) is 15.4. The summed E-state index contributed by atoms with van der Waals surface area (Å²) in [5.74, 6) is -2.14. The molecule has 0 heterocycles. The molecule has 0 aliphatic carbocycles. The van der Waals surface area contributed by atoms with Crippen LogP contribution in [0.5, 0.6) is 0 Å². The molecule has 5 heteroatoms. The Morgan fingerprint density at radius 1 is 1.05 bits per heavy atom. The molecule has 21 heavy (non-hydrogen) atoms. The van der Waals surface area contributed by atoms with Crippen LogP contribution in [-0.4, -0.2) is 6.04 Å². The van der Waals surface area contributed by atoms with Crippen molar-refractivity contribution in [3.05, 3.63) is 59.4 Å². The van der Waals surface area contributed by atoms with E-state index in [0.717, 1.165) is 18.6 Å². The summed E-state index contributed by atoms with van der Waals surface area (Å²) in [5.41, 5.74) is 6.41. The highest BCUT2D eigenvalue weighted by atomic mass is 32.2. The van der Waals surface area contributed by atoms with Crippen molar-refractivity contribution < 1.29 is 13.2 Å². The molecule has 2 rings (SSSR count).